The fraction of sp³-hybridized carbons (Fsp3) is 0.538. The summed E-state index contributed by atoms with van der Waals surface area (Å²) in [6.07, 6.45) is -5.84. The maximum Gasteiger partial charge on any atom is 0.418 e. The van der Waals surface area contributed by atoms with Crippen molar-refractivity contribution in [2.45, 2.75) is 39.0 Å². The van der Waals surface area contributed by atoms with Crippen molar-refractivity contribution in [3.63, 3.8) is 0 Å². The molecule has 0 saturated carbocycles. The zero-order valence-corrected chi connectivity index (χ0v) is 10.4. The minimum atomic E-state index is -4.64. The van der Waals surface area contributed by atoms with Gasteiger partial charge in [0.15, 0.2) is 6.10 Å². The molecule has 1 aromatic carbocycles. The first kappa shape index (κ1) is 14.8. The van der Waals surface area contributed by atoms with Crippen molar-refractivity contribution in [2.24, 2.45) is 0 Å². The average molecular weight is 262 g/mol. The van der Waals surface area contributed by atoms with Crippen LogP contribution in [0.4, 0.5) is 13.2 Å². The molecule has 5 heteroatoms. The molecule has 1 unspecified atom stereocenters. The molecule has 0 bridgehead atoms. The smallest absolute Gasteiger partial charge is 0.418 e. The van der Waals surface area contributed by atoms with Gasteiger partial charge in [-0.05, 0) is 36.1 Å². The third-order valence-electron chi connectivity index (χ3n) is 2.57. The van der Waals surface area contributed by atoms with Crippen molar-refractivity contribution < 1.29 is 23.0 Å². The van der Waals surface area contributed by atoms with Gasteiger partial charge in [0, 0.05) is 0 Å². The van der Waals surface area contributed by atoms with E-state index in [1.54, 1.807) is 13.0 Å². The minimum Gasteiger partial charge on any atom is -0.494 e. The fourth-order valence-electron chi connectivity index (χ4n) is 1.64. The quantitative estimate of drug-likeness (QED) is 0.878. The summed E-state index contributed by atoms with van der Waals surface area (Å²) < 4.78 is 42.8. The monoisotopic (exact) mass is 262 g/mol. The number of aliphatic hydroxyl groups is 1. The van der Waals surface area contributed by atoms with Gasteiger partial charge in [-0.25, -0.2) is 0 Å². The lowest BCUT2D eigenvalue weighted by atomic mass is 10.00. The fourth-order valence-corrected chi connectivity index (χ4v) is 1.64. The predicted octanol–water partition coefficient (Wildman–Crippen LogP) is 3.63. The molecular weight excluding hydrogens is 245 g/mol. The van der Waals surface area contributed by atoms with Gasteiger partial charge in [0.05, 0.1) is 6.61 Å². The molecule has 0 amide bonds. The lowest BCUT2D eigenvalue weighted by Gasteiger charge is -2.18. The Morgan fingerprint density at radius 3 is 2.44 bits per heavy atom. The Hall–Kier alpha value is -1.23. The number of hydrogen-bond acceptors (Lipinski definition) is 2. The maximum atomic E-state index is 12.5. The van der Waals surface area contributed by atoms with Crippen molar-refractivity contribution >= 4 is 0 Å². The van der Waals surface area contributed by atoms with Crippen LogP contribution in [0, 0.1) is 0 Å². The van der Waals surface area contributed by atoms with E-state index in [9.17, 15) is 18.3 Å². The van der Waals surface area contributed by atoms with Crippen LogP contribution in [0.3, 0.4) is 0 Å². The van der Waals surface area contributed by atoms with Crippen LogP contribution >= 0.6 is 0 Å². The zero-order valence-electron chi connectivity index (χ0n) is 10.4. The van der Waals surface area contributed by atoms with Gasteiger partial charge in [0.1, 0.15) is 5.75 Å². The molecule has 1 atom stereocenters. The maximum absolute atomic E-state index is 12.5. The lowest BCUT2D eigenvalue weighted by molar-refractivity contribution is -0.207. The van der Waals surface area contributed by atoms with E-state index in [1.807, 2.05) is 6.92 Å². The average Bonchev–Trinajstić information content (AvgIpc) is 2.34. The molecule has 1 N–H and O–H groups in total. The van der Waals surface area contributed by atoms with Crippen molar-refractivity contribution in [2.75, 3.05) is 6.61 Å². The number of ether oxygens (including phenoxy) is 1. The molecule has 0 aliphatic carbocycles. The van der Waals surface area contributed by atoms with Gasteiger partial charge >= 0.3 is 6.18 Å². The van der Waals surface area contributed by atoms with Crippen LogP contribution in [0.1, 0.15) is 37.5 Å². The number of rotatable bonds is 5. The number of benzene rings is 1. The Kier molecular flexibility index (Phi) is 5.02. The number of hydrogen-bond donors (Lipinski definition) is 1. The first-order chi connectivity index (χ1) is 8.40. The van der Waals surface area contributed by atoms with Gasteiger partial charge in [0.25, 0.3) is 0 Å². The molecule has 0 fully saturated rings. The molecule has 0 aromatic heterocycles. The van der Waals surface area contributed by atoms with E-state index in [4.69, 9.17) is 4.74 Å². The summed E-state index contributed by atoms with van der Waals surface area (Å²) in [5, 5.41) is 9.27. The van der Waals surface area contributed by atoms with Crippen LogP contribution < -0.4 is 4.74 Å². The Bertz CT molecular complexity index is 388. The predicted molar refractivity (Wildman–Crippen MR) is 62.6 cm³/mol. The molecule has 0 aliphatic heterocycles. The summed E-state index contributed by atoms with van der Waals surface area (Å²) in [6.45, 7) is 4.21. The highest BCUT2D eigenvalue weighted by molar-refractivity contribution is 5.37. The van der Waals surface area contributed by atoms with Gasteiger partial charge in [-0.3, -0.25) is 0 Å². The van der Waals surface area contributed by atoms with Crippen LogP contribution in [0.15, 0.2) is 18.2 Å². The second-order valence-corrected chi connectivity index (χ2v) is 4.01. The van der Waals surface area contributed by atoms with E-state index in [-0.39, 0.29) is 5.56 Å². The van der Waals surface area contributed by atoms with Crippen LogP contribution in [0.5, 0.6) is 5.75 Å². The normalized spacial score (nSPS) is 13.4. The molecule has 0 aliphatic rings. The molecule has 18 heavy (non-hydrogen) atoms. The number of halogens is 3. The van der Waals surface area contributed by atoms with E-state index in [2.05, 4.69) is 0 Å². The van der Waals surface area contributed by atoms with Gasteiger partial charge in [-0.15, -0.1) is 0 Å². The highest BCUT2D eigenvalue weighted by atomic mass is 19.4. The second kappa shape index (κ2) is 6.09. The van der Waals surface area contributed by atoms with Crippen molar-refractivity contribution in [1.29, 1.82) is 0 Å². The molecule has 0 radical (unpaired) electrons. The first-order valence-corrected chi connectivity index (χ1v) is 5.90. The molecule has 0 saturated heterocycles. The Morgan fingerprint density at radius 2 is 1.94 bits per heavy atom. The second-order valence-electron chi connectivity index (χ2n) is 4.01. The summed E-state index contributed by atoms with van der Waals surface area (Å²) in [5.41, 5.74) is 0.349. The molecular formula is C13H17F3O2. The van der Waals surface area contributed by atoms with E-state index < -0.39 is 12.3 Å². The van der Waals surface area contributed by atoms with Crippen molar-refractivity contribution in [3.8, 4) is 5.75 Å². The van der Waals surface area contributed by atoms with Gasteiger partial charge in [-0.1, -0.05) is 19.9 Å². The van der Waals surface area contributed by atoms with Crippen LogP contribution in [-0.2, 0) is 6.42 Å². The topological polar surface area (TPSA) is 29.5 Å². The van der Waals surface area contributed by atoms with E-state index in [0.29, 0.717) is 24.3 Å². The molecule has 1 aromatic rings. The van der Waals surface area contributed by atoms with E-state index >= 15 is 0 Å². The number of aryl methyl sites for hydroxylation is 1. The first-order valence-electron chi connectivity index (χ1n) is 5.90. The molecule has 2 nitrogen and oxygen atoms in total. The highest BCUT2D eigenvalue weighted by Crippen LogP contribution is 2.35. The van der Waals surface area contributed by atoms with Gasteiger partial charge < -0.3 is 9.84 Å². The van der Waals surface area contributed by atoms with Crippen LogP contribution in [0.25, 0.3) is 0 Å². The highest BCUT2D eigenvalue weighted by Gasteiger charge is 2.40. The number of alkyl halides is 3. The van der Waals surface area contributed by atoms with Crippen LogP contribution in [0.2, 0.25) is 0 Å². The summed E-state index contributed by atoms with van der Waals surface area (Å²) >= 11 is 0. The standard InChI is InChI=1S/C13H17F3O2/c1-3-7-18-10-5-6-11(9(4-2)8-10)12(17)13(14,15)16/h5-6,8,12,17H,3-4,7H2,1-2H3. The third-order valence-corrected chi connectivity index (χ3v) is 2.57. The Balaban J connectivity index is 3.00. The zero-order chi connectivity index (χ0) is 13.8. The largest absolute Gasteiger partial charge is 0.494 e. The van der Waals surface area contributed by atoms with Gasteiger partial charge in [0.2, 0.25) is 0 Å². The number of aliphatic hydroxyl groups excluding tert-OH is 1. The van der Waals surface area contributed by atoms with Crippen molar-refractivity contribution in [3.05, 3.63) is 29.3 Å². The Labute approximate surface area is 104 Å². The summed E-state index contributed by atoms with van der Waals surface area (Å²) in [7, 11) is 0. The summed E-state index contributed by atoms with van der Waals surface area (Å²) in [5.74, 6) is 0.534. The molecule has 102 valence electrons. The third kappa shape index (κ3) is 3.63. The van der Waals surface area contributed by atoms with Crippen molar-refractivity contribution in [1.82, 2.24) is 0 Å². The van der Waals surface area contributed by atoms with Gasteiger partial charge in [-0.2, -0.15) is 13.2 Å². The lowest BCUT2D eigenvalue weighted by Crippen LogP contribution is -2.21. The van der Waals surface area contributed by atoms with E-state index in [0.717, 1.165) is 6.42 Å². The SMILES string of the molecule is CCCOc1ccc(C(O)C(F)(F)F)c(CC)c1. The van der Waals surface area contributed by atoms with Crippen LogP contribution in [-0.4, -0.2) is 17.9 Å². The molecule has 0 heterocycles. The summed E-state index contributed by atoms with van der Waals surface area (Å²) in [4.78, 5) is 0. The molecule has 0 spiro atoms. The summed E-state index contributed by atoms with van der Waals surface area (Å²) in [6, 6.07) is 4.29. The molecule has 1 rings (SSSR count). The van der Waals surface area contributed by atoms with E-state index in [1.165, 1.54) is 12.1 Å². The Morgan fingerprint density at radius 1 is 1.28 bits per heavy atom. The minimum absolute atomic E-state index is 0.103.